The van der Waals surface area contributed by atoms with Crippen LogP contribution in [0.1, 0.15) is 24.4 Å². The van der Waals surface area contributed by atoms with Gasteiger partial charge in [0.15, 0.2) is 5.76 Å². The summed E-state index contributed by atoms with van der Waals surface area (Å²) < 4.78 is 5.67. The van der Waals surface area contributed by atoms with Crippen LogP contribution in [0.4, 0.5) is 0 Å². The van der Waals surface area contributed by atoms with E-state index < -0.39 is 0 Å². The highest BCUT2D eigenvalue weighted by Gasteiger charge is 2.15. The molecule has 0 aromatic carbocycles. The Morgan fingerprint density at radius 2 is 2.31 bits per heavy atom. The highest BCUT2D eigenvalue weighted by atomic mass is 35.5. The molecule has 0 saturated carbocycles. The molecule has 86 valence electrons. The van der Waals surface area contributed by atoms with Gasteiger partial charge in [0.05, 0.1) is 22.1 Å². The van der Waals surface area contributed by atoms with Crippen molar-refractivity contribution in [3.05, 3.63) is 28.1 Å². The lowest BCUT2D eigenvalue weighted by atomic mass is 10.3. The van der Waals surface area contributed by atoms with E-state index in [4.69, 9.17) is 16.0 Å². The molecule has 2 rings (SSSR count). The maximum Gasteiger partial charge on any atom is 0.211 e. The van der Waals surface area contributed by atoms with Crippen molar-refractivity contribution in [2.24, 2.45) is 0 Å². The molecule has 2 heterocycles. The van der Waals surface area contributed by atoms with Crippen LogP contribution < -0.4 is 5.32 Å². The van der Waals surface area contributed by atoms with Crippen molar-refractivity contribution in [1.82, 2.24) is 10.3 Å². The molecule has 0 aliphatic heterocycles. The average molecular weight is 257 g/mol. The SMILES string of the molecule is CNC(C)c1ncc(-c2scc(C)c2Cl)o1. The molecule has 1 N–H and O–H groups in total. The number of aryl methyl sites for hydroxylation is 1. The van der Waals surface area contributed by atoms with E-state index in [1.807, 2.05) is 26.3 Å². The van der Waals surface area contributed by atoms with Crippen LogP contribution in [0.3, 0.4) is 0 Å². The zero-order valence-electron chi connectivity index (χ0n) is 9.37. The van der Waals surface area contributed by atoms with Gasteiger partial charge in [-0.3, -0.25) is 0 Å². The van der Waals surface area contributed by atoms with Crippen molar-refractivity contribution in [3.63, 3.8) is 0 Å². The van der Waals surface area contributed by atoms with Gasteiger partial charge in [0.1, 0.15) is 0 Å². The molecule has 2 aromatic heterocycles. The fourth-order valence-electron chi connectivity index (χ4n) is 1.31. The number of hydrogen-bond donors (Lipinski definition) is 1. The standard InChI is InChI=1S/C11H13ClN2OS/c1-6-5-16-10(9(6)12)8-4-14-11(15-8)7(2)13-3/h4-5,7,13H,1-3H3. The summed E-state index contributed by atoms with van der Waals surface area (Å²) in [6.07, 6.45) is 1.72. The van der Waals surface area contributed by atoms with Gasteiger partial charge in [0.25, 0.3) is 0 Å². The summed E-state index contributed by atoms with van der Waals surface area (Å²) in [5, 5.41) is 5.85. The average Bonchev–Trinajstić information content (AvgIpc) is 2.87. The summed E-state index contributed by atoms with van der Waals surface area (Å²) in [5.41, 5.74) is 1.07. The summed E-state index contributed by atoms with van der Waals surface area (Å²) in [7, 11) is 1.87. The molecule has 0 saturated heterocycles. The molecule has 0 radical (unpaired) electrons. The van der Waals surface area contributed by atoms with Crippen LogP contribution in [-0.2, 0) is 0 Å². The van der Waals surface area contributed by atoms with Gasteiger partial charge in [0, 0.05) is 0 Å². The van der Waals surface area contributed by atoms with Gasteiger partial charge >= 0.3 is 0 Å². The number of oxazole rings is 1. The van der Waals surface area contributed by atoms with Crippen LogP contribution in [-0.4, -0.2) is 12.0 Å². The molecule has 1 unspecified atom stereocenters. The number of halogens is 1. The van der Waals surface area contributed by atoms with E-state index in [-0.39, 0.29) is 6.04 Å². The first kappa shape index (κ1) is 11.6. The van der Waals surface area contributed by atoms with Crippen molar-refractivity contribution >= 4 is 22.9 Å². The van der Waals surface area contributed by atoms with E-state index in [9.17, 15) is 0 Å². The van der Waals surface area contributed by atoms with E-state index in [1.165, 1.54) is 0 Å². The number of aromatic nitrogens is 1. The molecule has 0 aliphatic rings. The Morgan fingerprint density at radius 1 is 1.56 bits per heavy atom. The summed E-state index contributed by atoms with van der Waals surface area (Å²) >= 11 is 7.75. The number of nitrogens with one attached hydrogen (secondary N) is 1. The largest absolute Gasteiger partial charge is 0.438 e. The normalized spacial score (nSPS) is 13.0. The highest BCUT2D eigenvalue weighted by Crippen LogP contribution is 2.37. The second kappa shape index (κ2) is 4.57. The fourth-order valence-corrected chi connectivity index (χ4v) is 2.55. The minimum Gasteiger partial charge on any atom is -0.438 e. The van der Waals surface area contributed by atoms with E-state index in [2.05, 4.69) is 10.3 Å². The first-order valence-electron chi connectivity index (χ1n) is 5.00. The molecule has 0 fully saturated rings. The van der Waals surface area contributed by atoms with E-state index in [0.717, 1.165) is 21.2 Å². The topological polar surface area (TPSA) is 38.1 Å². The van der Waals surface area contributed by atoms with E-state index >= 15 is 0 Å². The molecule has 0 amide bonds. The Hall–Kier alpha value is -0.840. The van der Waals surface area contributed by atoms with Gasteiger partial charge < -0.3 is 9.73 Å². The predicted octanol–water partition coefficient (Wildman–Crippen LogP) is 3.65. The van der Waals surface area contributed by atoms with Crippen LogP contribution in [0.25, 0.3) is 10.6 Å². The first-order chi connectivity index (χ1) is 7.63. The van der Waals surface area contributed by atoms with Crippen LogP contribution >= 0.6 is 22.9 Å². The molecule has 2 aromatic rings. The molecular formula is C11H13ClN2OS. The second-order valence-corrected chi connectivity index (χ2v) is 4.89. The number of thiophene rings is 1. The Kier molecular flexibility index (Phi) is 3.33. The third kappa shape index (κ3) is 2.00. The van der Waals surface area contributed by atoms with Crippen LogP contribution in [0.15, 0.2) is 16.0 Å². The minimum absolute atomic E-state index is 0.105. The molecule has 0 aliphatic carbocycles. The van der Waals surface area contributed by atoms with E-state index in [0.29, 0.717) is 5.89 Å². The summed E-state index contributed by atoms with van der Waals surface area (Å²) in [6.45, 7) is 3.98. The lowest BCUT2D eigenvalue weighted by Gasteiger charge is -2.03. The fraction of sp³-hybridized carbons (Fsp3) is 0.364. The van der Waals surface area contributed by atoms with Crippen molar-refractivity contribution in [3.8, 4) is 10.6 Å². The molecule has 0 spiro atoms. The molecule has 0 bridgehead atoms. The monoisotopic (exact) mass is 256 g/mol. The lowest BCUT2D eigenvalue weighted by molar-refractivity contribution is 0.442. The molecule has 3 nitrogen and oxygen atoms in total. The Balaban J connectivity index is 2.35. The van der Waals surface area contributed by atoms with Gasteiger partial charge in [-0.25, -0.2) is 4.98 Å². The first-order valence-corrected chi connectivity index (χ1v) is 6.26. The van der Waals surface area contributed by atoms with Crippen LogP contribution in [0, 0.1) is 6.92 Å². The second-order valence-electron chi connectivity index (χ2n) is 3.63. The predicted molar refractivity (Wildman–Crippen MR) is 67.0 cm³/mol. The van der Waals surface area contributed by atoms with Gasteiger partial charge in [-0.05, 0) is 31.8 Å². The summed E-state index contributed by atoms with van der Waals surface area (Å²) in [5.74, 6) is 1.42. The third-order valence-corrected chi connectivity index (χ3v) is 4.16. The Morgan fingerprint density at radius 3 is 2.88 bits per heavy atom. The lowest BCUT2D eigenvalue weighted by Crippen LogP contribution is -2.12. The van der Waals surface area contributed by atoms with Gasteiger partial charge in [0.2, 0.25) is 5.89 Å². The van der Waals surface area contributed by atoms with Crippen LogP contribution in [0.2, 0.25) is 5.02 Å². The minimum atomic E-state index is 0.105. The highest BCUT2D eigenvalue weighted by molar-refractivity contribution is 7.14. The number of rotatable bonds is 3. The Labute approximate surface area is 103 Å². The summed E-state index contributed by atoms with van der Waals surface area (Å²) in [6, 6.07) is 0.105. The molecule has 1 atom stereocenters. The maximum atomic E-state index is 6.17. The van der Waals surface area contributed by atoms with Crippen LogP contribution in [0.5, 0.6) is 0 Å². The smallest absolute Gasteiger partial charge is 0.211 e. The number of hydrogen-bond acceptors (Lipinski definition) is 4. The third-order valence-electron chi connectivity index (χ3n) is 2.45. The van der Waals surface area contributed by atoms with Gasteiger partial charge in [-0.15, -0.1) is 11.3 Å². The van der Waals surface area contributed by atoms with Crippen molar-refractivity contribution in [2.75, 3.05) is 7.05 Å². The quantitative estimate of drug-likeness (QED) is 0.911. The van der Waals surface area contributed by atoms with Gasteiger partial charge in [-0.1, -0.05) is 11.6 Å². The Bertz CT molecular complexity index is 492. The molecular weight excluding hydrogens is 244 g/mol. The maximum absolute atomic E-state index is 6.17. The van der Waals surface area contributed by atoms with Gasteiger partial charge in [-0.2, -0.15) is 0 Å². The molecule has 16 heavy (non-hydrogen) atoms. The summed E-state index contributed by atoms with van der Waals surface area (Å²) in [4.78, 5) is 5.18. The van der Waals surface area contributed by atoms with Crippen molar-refractivity contribution in [2.45, 2.75) is 19.9 Å². The van der Waals surface area contributed by atoms with E-state index in [1.54, 1.807) is 17.5 Å². The molecule has 5 heteroatoms. The van der Waals surface area contributed by atoms with Crippen molar-refractivity contribution < 1.29 is 4.42 Å². The van der Waals surface area contributed by atoms with Crippen molar-refractivity contribution in [1.29, 1.82) is 0 Å². The zero-order valence-corrected chi connectivity index (χ0v) is 10.9. The zero-order chi connectivity index (χ0) is 11.7. The number of nitrogens with zero attached hydrogens (tertiary/aromatic N) is 1.